The molecule has 0 aliphatic heterocycles. The quantitative estimate of drug-likeness (QED) is 0.653. The minimum atomic E-state index is -0.307. The van der Waals surface area contributed by atoms with Gasteiger partial charge in [0.05, 0.1) is 6.61 Å². The van der Waals surface area contributed by atoms with Gasteiger partial charge in [-0.3, -0.25) is 0 Å². The second kappa shape index (κ2) is 7.04. The average Bonchev–Trinajstić information content (AvgIpc) is 2.34. The van der Waals surface area contributed by atoms with Crippen LogP contribution in [0.1, 0.15) is 67.4 Å². The fourth-order valence-electron chi connectivity index (χ4n) is 3.10. The molecule has 0 atom stereocenters. The third kappa shape index (κ3) is 6.39. The Bertz CT molecular complexity index is 450. The van der Waals surface area contributed by atoms with Crippen LogP contribution in [0.3, 0.4) is 0 Å². The van der Waals surface area contributed by atoms with Crippen LogP contribution in [0.15, 0.2) is 24.3 Å². The van der Waals surface area contributed by atoms with Crippen molar-refractivity contribution in [3.8, 4) is 5.75 Å². The molecular formula is C20H34O2. The van der Waals surface area contributed by atoms with Gasteiger partial charge in [-0.15, -0.1) is 0 Å². The van der Waals surface area contributed by atoms with Crippen LogP contribution in [0.2, 0.25) is 0 Å². The molecule has 0 bridgehead atoms. The molecule has 0 unspecified atom stereocenters. The molecular weight excluding hydrogens is 272 g/mol. The summed E-state index contributed by atoms with van der Waals surface area (Å²) in [6.07, 6.45) is 1.15. The first kappa shape index (κ1) is 19.0. The summed E-state index contributed by atoms with van der Waals surface area (Å²) in [5, 5.41) is 0. The van der Waals surface area contributed by atoms with Crippen LogP contribution in [-0.4, -0.2) is 18.8 Å². The van der Waals surface area contributed by atoms with Gasteiger partial charge in [0.2, 0.25) is 0 Å². The van der Waals surface area contributed by atoms with Crippen molar-refractivity contribution in [3.05, 3.63) is 29.8 Å². The lowest BCUT2D eigenvalue weighted by Gasteiger charge is -2.33. The monoisotopic (exact) mass is 306 g/mol. The number of rotatable bonds is 7. The van der Waals surface area contributed by atoms with Gasteiger partial charge in [0.1, 0.15) is 11.4 Å². The summed E-state index contributed by atoms with van der Waals surface area (Å²) in [4.78, 5) is 0. The molecule has 0 N–H and O–H groups in total. The smallest absolute Gasteiger partial charge is 0.127 e. The summed E-state index contributed by atoms with van der Waals surface area (Å²) in [6, 6.07) is 8.54. The predicted molar refractivity (Wildman–Crippen MR) is 94.7 cm³/mol. The molecule has 0 aromatic heterocycles. The molecule has 1 rings (SSSR count). The maximum atomic E-state index is 6.05. The van der Waals surface area contributed by atoms with E-state index in [0.717, 1.165) is 12.2 Å². The van der Waals surface area contributed by atoms with Crippen LogP contribution in [-0.2, 0) is 10.2 Å². The molecule has 0 saturated carbocycles. The van der Waals surface area contributed by atoms with Crippen molar-refractivity contribution in [1.82, 2.24) is 0 Å². The highest BCUT2D eigenvalue weighted by Gasteiger charge is 2.27. The van der Waals surface area contributed by atoms with E-state index in [2.05, 4.69) is 72.7 Å². The second-order valence-electron chi connectivity index (χ2n) is 8.64. The zero-order valence-corrected chi connectivity index (χ0v) is 15.7. The molecule has 126 valence electrons. The van der Waals surface area contributed by atoms with E-state index in [-0.39, 0.29) is 11.0 Å². The molecule has 0 saturated heterocycles. The van der Waals surface area contributed by atoms with Crippen molar-refractivity contribution in [2.24, 2.45) is 5.41 Å². The molecule has 0 aliphatic rings. The van der Waals surface area contributed by atoms with E-state index in [0.29, 0.717) is 18.6 Å². The molecule has 22 heavy (non-hydrogen) atoms. The SMILES string of the molecule is CCOCC(C)(C)Oc1ccc(C(C)(C)CC(C)(C)C)cc1. The summed E-state index contributed by atoms with van der Waals surface area (Å²) >= 11 is 0. The minimum Gasteiger partial charge on any atom is -0.485 e. The van der Waals surface area contributed by atoms with Crippen molar-refractivity contribution < 1.29 is 9.47 Å². The van der Waals surface area contributed by atoms with Crippen molar-refractivity contribution in [2.75, 3.05) is 13.2 Å². The zero-order chi connectivity index (χ0) is 17.0. The Kier molecular flexibility index (Phi) is 6.09. The van der Waals surface area contributed by atoms with Crippen molar-refractivity contribution in [3.63, 3.8) is 0 Å². The number of ether oxygens (including phenoxy) is 2. The molecule has 1 aromatic carbocycles. The van der Waals surface area contributed by atoms with Gasteiger partial charge in [0.15, 0.2) is 0 Å². The first-order valence-electron chi connectivity index (χ1n) is 8.32. The summed E-state index contributed by atoms with van der Waals surface area (Å²) in [5.41, 5.74) is 1.53. The van der Waals surface area contributed by atoms with Gasteiger partial charge in [-0.2, -0.15) is 0 Å². The molecule has 0 spiro atoms. The topological polar surface area (TPSA) is 18.5 Å². The highest BCUT2D eigenvalue weighted by Crippen LogP contribution is 2.36. The lowest BCUT2D eigenvalue weighted by Crippen LogP contribution is -2.34. The average molecular weight is 306 g/mol. The third-order valence-electron chi connectivity index (χ3n) is 3.66. The molecule has 0 radical (unpaired) electrons. The minimum absolute atomic E-state index is 0.164. The van der Waals surface area contributed by atoms with Crippen LogP contribution in [0, 0.1) is 5.41 Å². The first-order chi connectivity index (χ1) is 9.95. The molecule has 0 aliphatic carbocycles. The van der Waals surface area contributed by atoms with E-state index < -0.39 is 0 Å². The molecule has 0 heterocycles. The highest BCUT2D eigenvalue weighted by atomic mass is 16.5. The highest BCUT2D eigenvalue weighted by molar-refractivity contribution is 5.32. The summed E-state index contributed by atoms with van der Waals surface area (Å²) in [5.74, 6) is 0.903. The number of benzene rings is 1. The maximum Gasteiger partial charge on any atom is 0.127 e. The molecule has 2 heteroatoms. The Hall–Kier alpha value is -1.02. The Morgan fingerprint density at radius 3 is 1.86 bits per heavy atom. The largest absolute Gasteiger partial charge is 0.485 e. The lowest BCUT2D eigenvalue weighted by molar-refractivity contribution is 0.00111. The molecule has 1 aromatic rings. The fourth-order valence-corrected chi connectivity index (χ4v) is 3.10. The summed E-state index contributed by atoms with van der Waals surface area (Å²) in [6.45, 7) is 18.9. The summed E-state index contributed by atoms with van der Waals surface area (Å²) < 4.78 is 11.5. The van der Waals surface area contributed by atoms with Crippen LogP contribution in [0.5, 0.6) is 5.75 Å². The molecule has 2 nitrogen and oxygen atoms in total. The maximum absolute atomic E-state index is 6.05. The van der Waals surface area contributed by atoms with Gasteiger partial charge in [-0.1, -0.05) is 46.8 Å². The molecule has 0 fully saturated rings. The van der Waals surface area contributed by atoms with Crippen LogP contribution in [0.25, 0.3) is 0 Å². The normalized spacial score (nSPS) is 13.3. The van der Waals surface area contributed by atoms with E-state index >= 15 is 0 Å². The van der Waals surface area contributed by atoms with E-state index in [9.17, 15) is 0 Å². The Morgan fingerprint density at radius 1 is 0.864 bits per heavy atom. The van der Waals surface area contributed by atoms with E-state index in [1.807, 2.05) is 6.92 Å². The number of hydrogen-bond acceptors (Lipinski definition) is 2. The zero-order valence-electron chi connectivity index (χ0n) is 15.7. The van der Waals surface area contributed by atoms with Crippen molar-refractivity contribution >= 4 is 0 Å². The van der Waals surface area contributed by atoms with Gasteiger partial charge in [-0.05, 0) is 55.7 Å². The second-order valence-corrected chi connectivity index (χ2v) is 8.64. The van der Waals surface area contributed by atoms with Crippen LogP contribution >= 0.6 is 0 Å². The van der Waals surface area contributed by atoms with Gasteiger partial charge in [0.25, 0.3) is 0 Å². The van der Waals surface area contributed by atoms with E-state index in [1.54, 1.807) is 0 Å². The van der Waals surface area contributed by atoms with Crippen molar-refractivity contribution in [1.29, 1.82) is 0 Å². The molecule has 0 amide bonds. The Balaban J connectivity index is 2.78. The van der Waals surface area contributed by atoms with Gasteiger partial charge in [0, 0.05) is 6.61 Å². The van der Waals surface area contributed by atoms with Gasteiger partial charge < -0.3 is 9.47 Å². The standard InChI is InChI=1S/C20H34O2/c1-9-21-15-20(7,8)22-17-12-10-16(11-13-17)19(5,6)14-18(2,3)4/h10-13H,9,14-15H2,1-8H3. The van der Waals surface area contributed by atoms with E-state index in [1.165, 1.54) is 5.56 Å². The Morgan fingerprint density at radius 2 is 1.41 bits per heavy atom. The number of hydrogen-bond donors (Lipinski definition) is 0. The van der Waals surface area contributed by atoms with Gasteiger partial charge in [-0.25, -0.2) is 0 Å². The predicted octanol–water partition coefficient (Wildman–Crippen LogP) is 5.59. The Labute approximate surface area is 137 Å². The fraction of sp³-hybridized carbons (Fsp3) is 0.700. The van der Waals surface area contributed by atoms with Gasteiger partial charge >= 0.3 is 0 Å². The first-order valence-corrected chi connectivity index (χ1v) is 8.32. The summed E-state index contributed by atoms with van der Waals surface area (Å²) in [7, 11) is 0. The third-order valence-corrected chi connectivity index (χ3v) is 3.66. The van der Waals surface area contributed by atoms with Crippen molar-refractivity contribution in [2.45, 2.75) is 72.8 Å². The van der Waals surface area contributed by atoms with E-state index in [4.69, 9.17) is 9.47 Å². The van der Waals surface area contributed by atoms with Crippen LogP contribution in [0.4, 0.5) is 0 Å². The lowest BCUT2D eigenvalue weighted by atomic mass is 9.72. The van der Waals surface area contributed by atoms with Crippen LogP contribution < -0.4 is 4.74 Å².